The second-order valence-electron chi connectivity index (χ2n) is 6.38. The quantitative estimate of drug-likeness (QED) is 0.637. The van der Waals surface area contributed by atoms with E-state index in [1.165, 1.54) is 5.56 Å². The van der Waals surface area contributed by atoms with Gasteiger partial charge in [-0.25, -0.2) is 5.43 Å². The van der Waals surface area contributed by atoms with Gasteiger partial charge in [-0.1, -0.05) is 30.3 Å². The second-order valence-corrected chi connectivity index (χ2v) is 6.38. The summed E-state index contributed by atoms with van der Waals surface area (Å²) in [7, 11) is 1.94. The molecule has 1 aliphatic heterocycles. The Morgan fingerprint density at radius 3 is 2.48 bits per heavy atom. The van der Waals surface area contributed by atoms with E-state index in [9.17, 15) is 4.79 Å². The Balaban J connectivity index is 1.37. The predicted molar refractivity (Wildman–Crippen MR) is 99.3 cm³/mol. The van der Waals surface area contributed by atoms with Crippen molar-refractivity contribution in [2.45, 2.75) is 6.54 Å². The Labute approximate surface area is 148 Å². The van der Waals surface area contributed by atoms with Gasteiger partial charge >= 0.3 is 0 Å². The van der Waals surface area contributed by atoms with Crippen molar-refractivity contribution in [2.75, 3.05) is 32.7 Å². The van der Waals surface area contributed by atoms with Crippen LogP contribution in [-0.2, 0) is 18.4 Å². The first kappa shape index (κ1) is 17.4. The van der Waals surface area contributed by atoms with Crippen LogP contribution in [0.2, 0.25) is 0 Å². The van der Waals surface area contributed by atoms with Gasteiger partial charge in [-0.05, 0) is 17.7 Å². The molecule has 1 saturated heterocycles. The number of piperazine rings is 1. The third-order valence-corrected chi connectivity index (χ3v) is 4.45. The van der Waals surface area contributed by atoms with Crippen molar-refractivity contribution in [2.24, 2.45) is 12.1 Å². The predicted octanol–water partition coefficient (Wildman–Crippen LogP) is 1.29. The molecule has 0 unspecified atom stereocenters. The summed E-state index contributed by atoms with van der Waals surface area (Å²) in [6, 6.07) is 14.4. The second kappa shape index (κ2) is 8.60. The topological polar surface area (TPSA) is 52.9 Å². The molecule has 6 nitrogen and oxygen atoms in total. The lowest BCUT2D eigenvalue weighted by Gasteiger charge is -2.34. The van der Waals surface area contributed by atoms with Crippen LogP contribution in [0.15, 0.2) is 53.8 Å². The molecule has 1 amide bonds. The van der Waals surface area contributed by atoms with E-state index in [0.29, 0.717) is 6.54 Å². The Kier molecular flexibility index (Phi) is 5.98. The number of amides is 1. The van der Waals surface area contributed by atoms with Crippen molar-refractivity contribution in [3.63, 3.8) is 0 Å². The van der Waals surface area contributed by atoms with Gasteiger partial charge in [-0.15, -0.1) is 0 Å². The molecule has 0 saturated carbocycles. The number of aromatic nitrogens is 1. The fraction of sp³-hybridized carbons (Fsp3) is 0.368. The first-order valence-electron chi connectivity index (χ1n) is 8.62. The molecular weight excluding hydrogens is 314 g/mol. The fourth-order valence-electron chi connectivity index (χ4n) is 2.96. The normalized spacial score (nSPS) is 16.4. The molecule has 0 radical (unpaired) electrons. The molecule has 0 bridgehead atoms. The molecule has 132 valence electrons. The van der Waals surface area contributed by atoms with E-state index in [2.05, 4.69) is 44.6 Å². The van der Waals surface area contributed by atoms with Crippen LogP contribution in [0.3, 0.4) is 0 Å². The summed E-state index contributed by atoms with van der Waals surface area (Å²) in [5, 5.41) is 4.03. The SMILES string of the molecule is Cn1cccc1/C=N/NC(=O)CN1CCN(Cc2ccccc2)CC1. The molecule has 25 heavy (non-hydrogen) atoms. The van der Waals surface area contributed by atoms with Crippen LogP contribution >= 0.6 is 0 Å². The summed E-state index contributed by atoms with van der Waals surface area (Å²) >= 11 is 0. The number of nitrogens with zero attached hydrogens (tertiary/aromatic N) is 4. The number of rotatable bonds is 6. The number of hydrogen-bond donors (Lipinski definition) is 1. The van der Waals surface area contributed by atoms with Gasteiger partial charge in [0.2, 0.25) is 0 Å². The van der Waals surface area contributed by atoms with Crippen LogP contribution in [0.1, 0.15) is 11.3 Å². The number of carbonyl (C=O) groups is 1. The van der Waals surface area contributed by atoms with Gasteiger partial charge in [0, 0.05) is 46.0 Å². The Morgan fingerprint density at radius 2 is 1.80 bits per heavy atom. The smallest absolute Gasteiger partial charge is 0.254 e. The molecule has 1 aromatic carbocycles. The van der Waals surface area contributed by atoms with Gasteiger partial charge in [-0.3, -0.25) is 14.6 Å². The van der Waals surface area contributed by atoms with Crippen LogP contribution in [0.25, 0.3) is 0 Å². The summed E-state index contributed by atoms with van der Waals surface area (Å²) in [5.74, 6) is -0.0676. The molecule has 1 aromatic heterocycles. The minimum absolute atomic E-state index is 0.0676. The summed E-state index contributed by atoms with van der Waals surface area (Å²) < 4.78 is 1.95. The highest BCUT2D eigenvalue weighted by molar-refractivity contribution is 5.82. The average Bonchev–Trinajstić information content (AvgIpc) is 3.03. The number of benzene rings is 1. The van der Waals surface area contributed by atoms with Crippen molar-refractivity contribution in [1.29, 1.82) is 0 Å². The standard InChI is InChI=1S/C19H25N5O/c1-22-9-5-8-18(22)14-20-21-19(25)16-24-12-10-23(11-13-24)15-17-6-3-2-4-7-17/h2-9,14H,10-13,15-16H2,1H3,(H,21,25)/b20-14+. The van der Waals surface area contributed by atoms with E-state index in [4.69, 9.17) is 0 Å². The van der Waals surface area contributed by atoms with Crippen molar-refractivity contribution in [3.8, 4) is 0 Å². The van der Waals surface area contributed by atoms with Gasteiger partial charge in [0.05, 0.1) is 18.5 Å². The van der Waals surface area contributed by atoms with Gasteiger partial charge in [0.25, 0.3) is 5.91 Å². The Hall–Kier alpha value is -2.44. The minimum Gasteiger partial charge on any atom is -0.350 e. The van der Waals surface area contributed by atoms with Crippen LogP contribution < -0.4 is 5.43 Å². The molecule has 1 aliphatic rings. The van der Waals surface area contributed by atoms with Crippen LogP contribution in [0.4, 0.5) is 0 Å². The number of hydrogen-bond acceptors (Lipinski definition) is 4. The lowest BCUT2D eigenvalue weighted by atomic mass is 10.2. The van der Waals surface area contributed by atoms with Crippen molar-refractivity contribution >= 4 is 12.1 Å². The van der Waals surface area contributed by atoms with E-state index < -0.39 is 0 Å². The van der Waals surface area contributed by atoms with E-state index in [-0.39, 0.29) is 5.91 Å². The Bertz CT molecular complexity index is 702. The minimum atomic E-state index is -0.0676. The van der Waals surface area contributed by atoms with Crippen LogP contribution in [0.5, 0.6) is 0 Å². The highest BCUT2D eigenvalue weighted by Gasteiger charge is 2.18. The summed E-state index contributed by atoms with van der Waals surface area (Å²) in [4.78, 5) is 16.6. The third kappa shape index (κ3) is 5.27. The van der Waals surface area contributed by atoms with Gasteiger partial charge < -0.3 is 4.57 Å². The maximum atomic E-state index is 12.0. The Morgan fingerprint density at radius 1 is 1.08 bits per heavy atom. The van der Waals surface area contributed by atoms with E-state index in [0.717, 1.165) is 38.4 Å². The maximum Gasteiger partial charge on any atom is 0.254 e. The zero-order valence-electron chi connectivity index (χ0n) is 14.6. The fourth-order valence-corrected chi connectivity index (χ4v) is 2.96. The molecule has 0 atom stereocenters. The molecule has 0 spiro atoms. The van der Waals surface area contributed by atoms with E-state index in [1.807, 2.05) is 36.0 Å². The zero-order chi connectivity index (χ0) is 17.5. The largest absolute Gasteiger partial charge is 0.350 e. The molecular formula is C19H25N5O. The van der Waals surface area contributed by atoms with Crippen LogP contribution in [-0.4, -0.2) is 59.2 Å². The monoisotopic (exact) mass is 339 g/mol. The first-order valence-corrected chi connectivity index (χ1v) is 8.62. The molecule has 6 heteroatoms. The van der Waals surface area contributed by atoms with Gasteiger partial charge in [0.15, 0.2) is 0 Å². The zero-order valence-corrected chi connectivity index (χ0v) is 14.6. The molecule has 1 fully saturated rings. The molecule has 3 rings (SSSR count). The lowest BCUT2D eigenvalue weighted by Crippen LogP contribution is -2.48. The lowest BCUT2D eigenvalue weighted by molar-refractivity contribution is -0.122. The molecule has 2 heterocycles. The highest BCUT2D eigenvalue weighted by Crippen LogP contribution is 2.08. The van der Waals surface area contributed by atoms with Crippen molar-refractivity contribution < 1.29 is 4.79 Å². The van der Waals surface area contributed by atoms with Gasteiger partial charge in [-0.2, -0.15) is 5.10 Å². The number of hydrazone groups is 1. The molecule has 1 N–H and O–H groups in total. The average molecular weight is 339 g/mol. The van der Waals surface area contributed by atoms with Crippen molar-refractivity contribution in [3.05, 3.63) is 59.9 Å². The maximum absolute atomic E-state index is 12.0. The number of carbonyl (C=O) groups excluding carboxylic acids is 1. The molecule has 0 aliphatic carbocycles. The van der Waals surface area contributed by atoms with Crippen molar-refractivity contribution in [1.82, 2.24) is 19.8 Å². The molecule has 2 aromatic rings. The summed E-state index contributed by atoms with van der Waals surface area (Å²) in [5.41, 5.74) is 4.90. The van der Waals surface area contributed by atoms with Gasteiger partial charge in [0.1, 0.15) is 0 Å². The number of nitrogens with one attached hydrogen (secondary N) is 1. The number of aryl methyl sites for hydroxylation is 1. The van der Waals surface area contributed by atoms with E-state index in [1.54, 1.807) is 6.21 Å². The highest BCUT2D eigenvalue weighted by atomic mass is 16.2. The van der Waals surface area contributed by atoms with E-state index >= 15 is 0 Å². The first-order chi connectivity index (χ1) is 12.2. The summed E-state index contributed by atoms with van der Waals surface area (Å²) in [6.45, 7) is 5.14. The summed E-state index contributed by atoms with van der Waals surface area (Å²) in [6.07, 6.45) is 3.60. The third-order valence-electron chi connectivity index (χ3n) is 4.45. The van der Waals surface area contributed by atoms with Crippen LogP contribution in [0, 0.1) is 0 Å².